The molecule has 0 saturated carbocycles. The lowest BCUT2D eigenvalue weighted by Crippen LogP contribution is -2.46. The Morgan fingerprint density at radius 1 is 1.38 bits per heavy atom. The van der Waals surface area contributed by atoms with Gasteiger partial charge in [-0.1, -0.05) is 19.1 Å². The molecule has 0 spiro atoms. The molecule has 5 heteroatoms. The van der Waals surface area contributed by atoms with E-state index in [2.05, 4.69) is 11.8 Å². The molecule has 0 bridgehead atoms. The molecule has 1 aromatic carbocycles. The Morgan fingerprint density at radius 2 is 2.10 bits per heavy atom. The summed E-state index contributed by atoms with van der Waals surface area (Å²) in [7, 11) is 0. The average molecular weight is 294 g/mol. The Kier molecular flexibility index (Phi) is 5.99. The van der Waals surface area contributed by atoms with Gasteiger partial charge in [-0.3, -0.25) is 4.90 Å². The highest BCUT2D eigenvalue weighted by atomic mass is 16.5. The zero-order valence-electron chi connectivity index (χ0n) is 12.6. The Labute approximate surface area is 126 Å². The Balaban J connectivity index is 1.72. The van der Waals surface area contributed by atoms with E-state index in [0.717, 1.165) is 24.3 Å². The van der Waals surface area contributed by atoms with E-state index < -0.39 is 6.10 Å². The van der Waals surface area contributed by atoms with E-state index in [1.165, 1.54) is 0 Å². The minimum absolute atomic E-state index is 0.254. The smallest absolute Gasteiger partial charge is 0.119 e. The molecule has 118 valence electrons. The molecule has 4 N–H and O–H groups in total. The van der Waals surface area contributed by atoms with Gasteiger partial charge in [-0.2, -0.15) is 0 Å². The summed E-state index contributed by atoms with van der Waals surface area (Å²) in [4.78, 5) is 2.09. The van der Waals surface area contributed by atoms with Crippen molar-refractivity contribution in [2.45, 2.75) is 32.1 Å². The van der Waals surface area contributed by atoms with Crippen LogP contribution in [-0.2, 0) is 6.54 Å². The number of nitrogens with two attached hydrogens (primary N) is 1. The van der Waals surface area contributed by atoms with Gasteiger partial charge in [0.1, 0.15) is 18.5 Å². The fourth-order valence-electron chi connectivity index (χ4n) is 2.55. The maximum absolute atomic E-state index is 10.0. The first-order valence-corrected chi connectivity index (χ1v) is 7.58. The maximum Gasteiger partial charge on any atom is 0.119 e. The lowest BCUT2D eigenvalue weighted by atomic mass is 9.96. The summed E-state index contributed by atoms with van der Waals surface area (Å²) < 4.78 is 5.58. The monoisotopic (exact) mass is 294 g/mol. The van der Waals surface area contributed by atoms with Gasteiger partial charge in [0.2, 0.25) is 0 Å². The van der Waals surface area contributed by atoms with Crippen molar-refractivity contribution in [3.63, 3.8) is 0 Å². The Morgan fingerprint density at radius 3 is 2.71 bits per heavy atom. The van der Waals surface area contributed by atoms with Gasteiger partial charge in [-0.15, -0.1) is 0 Å². The number of ether oxygens (including phenoxy) is 1. The minimum atomic E-state index is -0.556. The van der Waals surface area contributed by atoms with Gasteiger partial charge in [0.05, 0.1) is 6.10 Å². The molecule has 0 aromatic heterocycles. The third kappa shape index (κ3) is 4.97. The number of hydrogen-bond acceptors (Lipinski definition) is 5. The van der Waals surface area contributed by atoms with Crippen LogP contribution in [0.25, 0.3) is 0 Å². The molecule has 1 aliphatic rings. The molecular weight excluding hydrogens is 268 g/mol. The van der Waals surface area contributed by atoms with Crippen molar-refractivity contribution in [2.75, 3.05) is 26.2 Å². The van der Waals surface area contributed by atoms with Gasteiger partial charge in [0.25, 0.3) is 0 Å². The normalized spacial score (nSPS) is 24.8. The standard InChI is InChI=1S/C16H26N2O3/c1-12-6-7-18(10-16(12)20)9-14(19)11-21-15-4-2-13(8-17)3-5-15/h2-5,12,14,16,19-20H,6-11,17H2,1H3. The van der Waals surface area contributed by atoms with E-state index in [4.69, 9.17) is 10.5 Å². The first-order chi connectivity index (χ1) is 10.1. The number of benzene rings is 1. The summed E-state index contributed by atoms with van der Waals surface area (Å²) in [5.41, 5.74) is 6.60. The number of likely N-dealkylation sites (tertiary alicyclic amines) is 1. The van der Waals surface area contributed by atoms with Crippen molar-refractivity contribution in [1.29, 1.82) is 0 Å². The van der Waals surface area contributed by atoms with Crippen LogP contribution in [0.3, 0.4) is 0 Å². The third-order valence-corrected chi connectivity index (χ3v) is 4.07. The number of nitrogens with zero attached hydrogens (tertiary/aromatic N) is 1. The predicted octanol–water partition coefficient (Wildman–Crippen LogP) is 0.588. The third-order valence-electron chi connectivity index (χ3n) is 4.07. The van der Waals surface area contributed by atoms with Crippen LogP contribution in [0, 0.1) is 5.92 Å². The zero-order chi connectivity index (χ0) is 15.2. The maximum atomic E-state index is 10.0. The van der Waals surface area contributed by atoms with Crippen molar-refractivity contribution in [2.24, 2.45) is 11.7 Å². The molecule has 0 radical (unpaired) electrons. The first-order valence-electron chi connectivity index (χ1n) is 7.58. The SMILES string of the molecule is CC1CCN(CC(O)COc2ccc(CN)cc2)CC1O. The summed E-state index contributed by atoms with van der Waals surface area (Å²) in [6.07, 6.45) is 0.116. The highest BCUT2D eigenvalue weighted by Crippen LogP contribution is 2.17. The van der Waals surface area contributed by atoms with Crippen LogP contribution in [0.15, 0.2) is 24.3 Å². The lowest BCUT2D eigenvalue weighted by Gasteiger charge is -2.35. The average Bonchev–Trinajstić information content (AvgIpc) is 2.49. The topological polar surface area (TPSA) is 79.0 Å². The summed E-state index contributed by atoms with van der Waals surface area (Å²) in [5, 5.41) is 19.9. The second-order valence-corrected chi connectivity index (χ2v) is 5.91. The van der Waals surface area contributed by atoms with Crippen LogP contribution >= 0.6 is 0 Å². The molecule has 3 atom stereocenters. The van der Waals surface area contributed by atoms with E-state index in [1.807, 2.05) is 24.3 Å². The van der Waals surface area contributed by atoms with Gasteiger partial charge >= 0.3 is 0 Å². The molecule has 1 heterocycles. The molecule has 21 heavy (non-hydrogen) atoms. The molecule has 5 nitrogen and oxygen atoms in total. The van der Waals surface area contributed by atoms with E-state index in [-0.39, 0.29) is 12.7 Å². The highest BCUT2D eigenvalue weighted by Gasteiger charge is 2.25. The lowest BCUT2D eigenvalue weighted by molar-refractivity contribution is 0.000141. The molecular formula is C16H26N2O3. The van der Waals surface area contributed by atoms with Gasteiger partial charge in [0, 0.05) is 19.6 Å². The number of aliphatic hydroxyl groups excluding tert-OH is 2. The molecule has 1 aromatic rings. The summed E-state index contributed by atoms with van der Waals surface area (Å²) >= 11 is 0. The van der Waals surface area contributed by atoms with Gasteiger partial charge in [-0.25, -0.2) is 0 Å². The molecule has 3 unspecified atom stereocenters. The summed E-state index contributed by atoms with van der Waals surface area (Å²) in [5.74, 6) is 1.08. The van der Waals surface area contributed by atoms with Crippen LogP contribution in [0.5, 0.6) is 5.75 Å². The molecule has 1 saturated heterocycles. The van der Waals surface area contributed by atoms with Crippen molar-refractivity contribution in [3.05, 3.63) is 29.8 Å². The van der Waals surface area contributed by atoms with Gasteiger partial charge in [0.15, 0.2) is 0 Å². The summed E-state index contributed by atoms with van der Waals surface area (Å²) in [6.45, 7) is 4.91. The van der Waals surface area contributed by atoms with E-state index >= 15 is 0 Å². The van der Waals surface area contributed by atoms with Crippen LogP contribution in [0.1, 0.15) is 18.9 Å². The van der Waals surface area contributed by atoms with E-state index in [9.17, 15) is 10.2 Å². The molecule has 0 amide bonds. The van der Waals surface area contributed by atoms with Crippen molar-refractivity contribution in [3.8, 4) is 5.75 Å². The highest BCUT2D eigenvalue weighted by molar-refractivity contribution is 5.27. The van der Waals surface area contributed by atoms with Crippen LogP contribution < -0.4 is 10.5 Å². The molecule has 0 aliphatic carbocycles. The minimum Gasteiger partial charge on any atom is -0.491 e. The number of rotatable bonds is 6. The first kappa shape index (κ1) is 16.2. The van der Waals surface area contributed by atoms with E-state index in [1.54, 1.807) is 0 Å². The van der Waals surface area contributed by atoms with Gasteiger partial charge in [-0.05, 0) is 36.6 Å². The van der Waals surface area contributed by atoms with E-state index in [0.29, 0.717) is 25.6 Å². The Bertz CT molecular complexity index is 424. The van der Waals surface area contributed by atoms with Crippen molar-refractivity contribution >= 4 is 0 Å². The number of hydrogen-bond donors (Lipinski definition) is 3. The molecule has 1 fully saturated rings. The van der Waals surface area contributed by atoms with Crippen LogP contribution in [0.4, 0.5) is 0 Å². The second-order valence-electron chi connectivity index (χ2n) is 5.91. The van der Waals surface area contributed by atoms with Crippen LogP contribution in [0.2, 0.25) is 0 Å². The molecule has 1 aliphatic heterocycles. The molecule has 2 rings (SSSR count). The fraction of sp³-hybridized carbons (Fsp3) is 0.625. The van der Waals surface area contributed by atoms with Gasteiger partial charge < -0.3 is 20.7 Å². The largest absolute Gasteiger partial charge is 0.491 e. The summed E-state index contributed by atoms with van der Waals surface area (Å²) in [6, 6.07) is 7.57. The van der Waals surface area contributed by atoms with Crippen LogP contribution in [-0.4, -0.2) is 53.6 Å². The zero-order valence-corrected chi connectivity index (χ0v) is 12.6. The Hall–Kier alpha value is -1.14. The second kappa shape index (κ2) is 7.75. The predicted molar refractivity (Wildman–Crippen MR) is 82.1 cm³/mol. The quantitative estimate of drug-likeness (QED) is 0.715. The van der Waals surface area contributed by atoms with Crippen molar-refractivity contribution < 1.29 is 14.9 Å². The number of aliphatic hydroxyl groups is 2. The number of β-amino-alcohol motifs (C(OH)–C–C–N with tert-alkyl or cyclic N) is 2. The van der Waals surface area contributed by atoms with Crippen molar-refractivity contribution in [1.82, 2.24) is 4.90 Å². The number of piperidine rings is 1. The fourth-order valence-corrected chi connectivity index (χ4v) is 2.55.